The first-order chi connectivity index (χ1) is 8.43. The van der Waals surface area contributed by atoms with Gasteiger partial charge in [-0.25, -0.2) is 0 Å². The summed E-state index contributed by atoms with van der Waals surface area (Å²) in [6.45, 7) is -1.74. The van der Waals surface area contributed by atoms with Crippen LogP contribution in [0.5, 0.6) is 5.75 Å². The van der Waals surface area contributed by atoms with E-state index in [1.54, 1.807) is 6.92 Å². The predicted molar refractivity (Wildman–Crippen MR) is 62.1 cm³/mol. The lowest BCUT2D eigenvalue weighted by Crippen LogP contribution is -2.35. The molecule has 18 heavy (non-hydrogen) atoms. The fraction of sp³-hybridized carbons (Fsp3) is 0.364. The van der Waals surface area contributed by atoms with Crippen molar-refractivity contribution in [3.05, 3.63) is 28.8 Å². The summed E-state index contributed by atoms with van der Waals surface area (Å²) in [4.78, 5) is 11.8. The molecule has 0 heterocycles. The van der Waals surface area contributed by atoms with Crippen molar-refractivity contribution in [1.82, 2.24) is 5.32 Å². The normalized spacial score (nSPS) is 12.3. The number of rotatable bonds is 5. The molecular formula is C11H12ClF2NO3. The number of carbonyl (C=O) groups excluding carboxylic acids is 1. The van der Waals surface area contributed by atoms with Crippen molar-refractivity contribution in [1.29, 1.82) is 0 Å². The lowest BCUT2D eigenvalue weighted by Gasteiger charge is -2.14. The molecule has 0 saturated heterocycles. The van der Waals surface area contributed by atoms with Crippen molar-refractivity contribution in [2.45, 2.75) is 19.6 Å². The number of aliphatic hydroxyl groups excluding tert-OH is 1. The topological polar surface area (TPSA) is 58.6 Å². The zero-order valence-corrected chi connectivity index (χ0v) is 10.2. The molecule has 1 rings (SSSR count). The summed E-state index contributed by atoms with van der Waals surface area (Å²) in [6, 6.07) is 3.24. The highest BCUT2D eigenvalue weighted by atomic mass is 35.5. The van der Waals surface area contributed by atoms with E-state index in [4.69, 9.17) is 16.7 Å². The maximum absolute atomic E-state index is 12.2. The Labute approximate surface area is 108 Å². The first-order valence-corrected chi connectivity index (χ1v) is 5.48. The average Bonchev–Trinajstić information content (AvgIpc) is 2.30. The molecule has 1 unspecified atom stereocenters. The van der Waals surface area contributed by atoms with E-state index in [2.05, 4.69) is 10.1 Å². The van der Waals surface area contributed by atoms with Crippen molar-refractivity contribution in [2.75, 3.05) is 6.61 Å². The summed E-state index contributed by atoms with van der Waals surface area (Å²) >= 11 is 5.70. The Morgan fingerprint density at radius 1 is 1.56 bits per heavy atom. The number of nitrogens with one attached hydrogen (secondary N) is 1. The van der Waals surface area contributed by atoms with Crippen LogP contribution in [-0.2, 0) is 0 Å². The lowest BCUT2D eigenvalue weighted by molar-refractivity contribution is -0.0501. The van der Waals surface area contributed by atoms with Crippen LogP contribution in [0.25, 0.3) is 0 Å². The van der Waals surface area contributed by atoms with Crippen molar-refractivity contribution < 1.29 is 23.4 Å². The zero-order chi connectivity index (χ0) is 13.7. The lowest BCUT2D eigenvalue weighted by atomic mass is 10.1. The molecule has 1 aromatic rings. The van der Waals surface area contributed by atoms with Gasteiger partial charge in [0, 0.05) is 11.1 Å². The van der Waals surface area contributed by atoms with Crippen LogP contribution in [0.1, 0.15) is 17.3 Å². The van der Waals surface area contributed by atoms with Crippen LogP contribution in [-0.4, -0.2) is 30.3 Å². The van der Waals surface area contributed by atoms with E-state index in [0.717, 1.165) is 0 Å². The molecule has 0 aromatic heterocycles. The highest BCUT2D eigenvalue weighted by Gasteiger charge is 2.17. The average molecular weight is 280 g/mol. The van der Waals surface area contributed by atoms with Crippen LogP contribution in [0.2, 0.25) is 5.02 Å². The molecule has 4 nitrogen and oxygen atoms in total. The standard InChI is InChI=1S/C11H12ClF2NO3/c1-6(5-16)15-10(17)8-4-7(12)2-3-9(8)18-11(13)14/h2-4,6,11,16H,5H2,1H3,(H,15,17). The molecule has 0 aliphatic carbocycles. The summed E-state index contributed by atoms with van der Waals surface area (Å²) in [5, 5.41) is 11.4. The molecular weight excluding hydrogens is 268 g/mol. The van der Waals surface area contributed by atoms with Crippen molar-refractivity contribution >= 4 is 17.5 Å². The van der Waals surface area contributed by atoms with Crippen LogP contribution >= 0.6 is 11.6 Å². The van der Waals surface area contributed by atoms with E-state index in [1.165, 1.54) is 18.2 Å². The SMILES string of the molecule is CC(CO)NC(=O)c1cc(Cl)ccc1OC(F)F. The van der Waals surface area contributed by atoms with E-state index in [0.29, 0.717) is 0 Å². The van der Waals surface area contributed by atoms with Crippen LogP contribution in [0.4, 0.5) is 8.78 Å². The van der Waals surface area contributed by atoms with E-state index < -0.39 is 18.6 Å². The maximum atomic E-state index is 12.2. The van der Waals surface area contributed by atoms with Gasteiger partial charge in [0.15, 0.2) is 0 Å². The minimum Gasteiger partial charge on any atom is -0.434 e. The number of benzene rings is 1. The molecule has 100 valence electrons. The van der Waals surface area contributed by atoms with Gasteiger partial charge >= 0.3 is 6.61 Å². The number of alkyl halides is 2. The predicted octanol–water partition coefficient (Wildman–Crippen LogP) is 2.05. The summed E-state index contributed by atoms with van der Waals surface area (Å²) in [5.41, 5.74) is -0.108. The molecule has 0 aliphatic heterocycles. The van der Waals surface area contributed by atoms with Gasteiger partial charge in [0.1, 0.15) is 5.75 Å². The van der Waals surface area contributed by atoms with Crippen LogP contribution in [0, 0.1) is 0 Å². The fourth-order valence-corrected chi connectivity index (χ4v) is 1.40. The number of aliphatic hydroxyl groups is 1. The Hall–Kier alpha value is -1.40. The molecule has 7 heteroatoms. The highest BCUT2D eigenvalue weighted by molar-refractivity contribution is 6.31. The molecule has 1 amide bonds. The molecule has 0 fully saturated rings. The molecule has 0 radical (unpaired) electrons. The monoisotopic (exact) mass is 279 g/mol. The van der Waals surface area contributed by atoms with Crippen LogP contribution < -0.4 is 10.1 Å². The van der Waals surface area contributed by atoms with Crippen LogP contribution in [0.3, 0.4) is 0 Å². The van der Waals surface area contributed by atoms with E-state index in [1.807, 2.05) is 0 Å². The quantitative estimate of drug-likeness (QED) is 0.867. The molecule has 2 N–H and O–H groups in total. The van der Waals surface area contributed by atoms with Gasteiger partial charge in [0.2, 0.25) is 0 Å². The second-order valence-electron chi connectivity index (χ2n) is 3.58. The van der Waals surface area contributed by atoms with Gasteiger partial charge in [-0.05, 0) is 25.1 Å². The van der Waals surface area contributed by atoms with Gasteiger partial charge in [-0.2, -0.15) is 8.78 Å². The summed E-state index contributed by atoms with van der Waals surface area (Å²) in [5.74, 6) is -0.910. The largest absolute Gasteiger partial charge is 0.434 e. The Kier molecular flexibility index (Phi) is 5.30. The summed E-state index contributed by atoms with van der Waals surface area (Å²) < 4.78 is 28.6. The van der Waals surface area contributed by atoms with Gasteiger partial charge in [0.05, 0.1) is 12.2 Å². The number of amides is 1. The van der Waals surface area contributed by atoms with Crippen molar-refractivity contribution in [2.24, 2.45) is 0 Å². The molecule has 0 bridgehead atoms. The Balaban J connectivity index is 2.97. The first kappa shape index (κ1) is 14.7. The number of hydrogen-bond acceptors (Lipinski definition) is 3. The van der Waals surface area contributed by atoms with Gasteiger partial charge < -0.3 is 15.2 Å². The first-order valence-electron chi connectivity index (χ1n) is 5.10. The Morgan fingerprint density at radius 3 is 2.78 bits per heavy atom. The van der Waals surface area contributed by atoms with E-state index >= 15 is 0 Å². The van der Waals surface area contributed by atoms with Gasteiger partial charge in [-0.15, -0.1) is 0 Å². The minimum atomic E-state index is -3.03. The summed E-state index contributed by atoms with van der Waals surface area (Å²) in [7, 11) is 0. The minimum absolute atomic E-state index is 0.108. The number of hydrogen-bond donors (Lipinski definition) is 2. The van der Waals surface area contributed by atoms with Gasteiger partial charge in [-0.1, -0.05) is 11.6 Å². The summed E-state index contributed by atoms with van der Waals surface area (Å²) in [6.07, 6.45) is 0. The van der Waals surface area contributed by atoms with Crippen LogP contribution in [0.15, 0.2) is 18.2 Å². The molecule has 1 aromatic carbocycles. The number of ether oxygens (including phenoxy) is 1. The fourth-order valence-electron chi connectivity index (χ4n) is 1.23. The Bertz CT molecular complexity index is 429. The van der Waals surface area contributed by atoms with E-state index in [-0.39, 0.29) is 22.9 Å². The van der Waals surface area contributed by atoms with Crippen molar-refractivity contribution in [3.63, 3.8) is 0 Å². The second kappa shape index (κ2) is 6.51. The molecule has 0 saturated carbocycles. The number of carbonyl (C=O) groups is 1. The third kappa shape index (κ3) is 4.12. The number of halogens is 3. The van der Waals surface area contributed by atoms with E-state index in [9.17, 15) is 13.6 Å². The molecule has 0 spiro atoms. The highest BCUT2D eigenvalue weighted by Crippen LogP contribution is 2.24. The molecule has 0 aliphatic rings. The second-order valence-corrected chi connectivity index (χ2v) is 4.01. The Morgan fingerprint density at radius 2 is 2.22 bits per heavy atom. The third-order valence-corrected chi connectivity index (χ3v) is 2.29. The smallest absolute Gasteiger partial charge is 0.387 e. The van der Waals surface area contributed by atoms with Gasteiger partial charge in [-0.3, -0.25) is 4.79 Å². The van der Waals surface area contributed by atoms with Gasteiger partial charge in [0.25, 0.3) is 5.91 Å². The molecule has 1 atom stereocenters. The van der Waals surface area contributed by atoms with Crippen molar-refractivity contribution in [3.8, 4) is 5.75 Å². The maximum Gasteiger partial charge on any atom is 0.387 e. The third-order valence-electron chi connectivity index (χ3n) is 2.05. The zero-order valence-electron chi connectivity index (χ0n) is 9.49.